The fourth-order valence-electron chi connectivity index (χ4n) is 3.70. The highest BCUT2D eigenvalue weighted by Crippen LogP contribution is 2.34. The molecule has 27 heavy (non-hydrogen) atoms. The molecule has 0 spiro atoms. The van der Waals surface area contributed by atoms with E-state index in [-0.39, 0.29) is 11.8 Å². The van der Waals surface area contributed by atoms with Crippen molar-refractivity contribution in [3.05, 3.63) is 89.5 Å². The molecule has 0 saturated heterocycles. The Balaban J connectivity index is 1.82. The molecule has 0 bridgehead atoms. The highest BCUT2D eigenvalue weighted by molar-refractivity contribution is 5.78. The van der Waals surface area contributed by atoms with Gasteiger partial charge in [0.1, 0.15) is 11.9 Å². The molecule has 3 aromatic rings. The topological polar surface area (TPSA) is 34.5 Å². The number of para-hydroxylation sites is 1. The van der Waals surface area contributed by atoms with Crippen molar-refractivity contribution >= 4 is 5.97 Å². The molecule has 2 aromatic carbocycles. The number of fused-ring (bicyclic) bond motifs is 3. The van der Waals surface area contributed by atoms with E-state index in [2.05, 4.69) is 0 Å². The molecule has 2 heterocycles. The summed E-state index contributed by atoms with van der Waals surface area (Å²) in [6, 6.07) is 18.0. The summed E-state index contributed by atoms with van der Waals surface area (Å²) in [6.07, 6.45) is 1.95. The molecule has 0 aliphatic carbocycles. The molecule has 4 rings (SSSR count). The first-order chi connectivity index (χ1) is 13.2. The highest BCUT2D eigenvalue weighted by Gasteiger charge is 2.35. The molecule has 1 aliphatic rings. The van der Waals surface area contributed by atoms with E-state index in [4.69, 9.17) is 4.74 Å². The van der Waals surface area contributed by atoms with Crippen molar-refractivity contribution < 1.29 is 13.9 Å². The van der Waals surface area contributed by atoms with E-state index < -0.39 is 6.04 Å². The number of carbonyl (C=O) groups is 1. The Labute approximate surface area is 157 Å². The lowest BCUT2D eigenvalue weighted by molar-refractivity contribution is -0.150. The number of rotatable bonds is 4. The van der Waals surface area contributed by atoms with Gasteiger partial charge in [-0.2, -0.15) is 0 Å². The van der Waals surface area contributed by atoms with E-state index in [0.717, 1.165) is 16.9 Å². The van der Waals surface area contributed by atoms with Crippen LogP contribution in [0.5, 0.6) is 0 Å². The number of hydrogen-bond donors (Lipinski definition) is 0. The van der Waals surface area contributed by atoms with Gasteiger partial charge in [0, 0.05) is 30.5 Å². The zero-order chi connectivity index (χ0) is 18.8. The van der Waals surface area contributed by atoms with Gasteiger partial charge >= 0.3 is 5.97 Å². The zero-order valence-electron chi connectivity index (χ0n) is 15.1. The van der Waals surface area contributed by atoms with Gasteiger partial charge < -0.3 is 9.30 Å². The average Bonchev–Trinajstić information content (AvgIpc) is 3.09. The number of hydrogen-bond acceptors (Lipinski definition) is 3. The van der Waals surface area contributed by atoms with Crippen LogP contribution in [-0.4, -0.2) is 22.0 Å². The molecular weight excluding hydrogens is 343 g/mol. The van der Waals surface area contributed by atoms with Crippen LogP contribution >= 0.6 is 0 Å². The molecule has 1 unspecified atom stereocenters. The summed E-state index contributed by atoms with van der Waals surface area (Å²) in [5, 5.41) is 0. The monoisotopic (exact) mass is 364 g/mol. The first-order valence-corrected chi connectivity index (χ1v) is 9.08. The van der Waals surface area contributed by atoms with Crippen LogP contribution in [0.1, 0.15) is 29.8 Å². The van der Waals surface area contributed by atoms with Crippen molar-refractivity contribution in [2.75, 3.05) is 6.61 Å². The number of benzene rings is 2. The van der Waals surface area contributed by atoms with Gasteiger partial charge in [-0.1, -0.05) is 36.4 Å². The van der Waals surface area contributed by atoms with Crippen LogP contribution in [-0.2, 0) is 22.6 Å². The molecular formula is C22H21FN2O2. The van der Waals surface area contributed by atoms with Crippen LogP contribution in [0.4, 0.5) is 4.39 Å². The number of esters is 1. The minimum Gasteiger partial charge on any atom is -0.465 e. The Bertz CT molecular complexity index is 966. The summed E-state index contributed by atoms with van der Waals surface area (Å²) in [6.45, 7) is 2.94. The molecule has 1 atom stereocenters. The molecule has 0 radical (unpaired) electrons. The lowest BCUT2D eigenvalue weighted by Gasteiger charge is -2.28. The highest BCUT2D eigenvalue weighted by atomic mass is 19.1. The standard InChI is InChI=1S/C22H21FN2O2/c1-2-27-22(26)21-20-12-7-13-25(20)19-11-6-4-9-17(19)15-24(21)14-16-8-3-5-10-18(16)23/h3-13,21H,2,14-15H2,1H3. The smallest absolute Gasteiger partial charge is 0.329 e. The van der Waals surface area contributed by atoms with Crippen LogP contribution < -0.4 is 0 Å². The fraction of sp³-hybridized carbons (Fsp3) is 0.227. The first-order valence-electron chi connectivity index (χ1n) is 9.08. The Morgan fingerprint density at radius 1 is 1.11 bits per heavy atom. The third-order valence-electron chi connectivity index (χ3n) is 4.89. The van der Waals surface area contributed by atoms with Gasteiger partial charge in [0.25, 0.3) is 0 Å². The van der Waals surface area contributed by atoms with E-state index in [1.807, 2.05) is 58.1 Å². The van der Waals surface area contributed by atoms with Crippen LogP contribution in [0.2, 0.25) is 0 Å². The summed E-state index contributed by atoms with van der Waals surface area (Å²) in [5.74, 6) is -0.588. The first kappa shape index (κ1) is 17.5. The molecule has 138 valence electrons. The summed E-state index contributed by atoms with van der Waals surface area (Å²) in [7, 11) is 0. The van der Waals surface area contributed by atoms with Crippen LogP contribution in [0.3, 0.4) is 0 Å². The van der Waals surface area contributed by atoms with E-state index in [1.165, 1.54) is 6.07 Å². The molecule has 0 saturated carbocycles. The second kappa shape index (κ2) is 7.37. The summed E-state index contributed by atoms with van der Waals surface area (Å²) in [4.78, 5) is 14.9. The van der Waals surface area contributed by atoms with Gasteiger partial charge in [0.15, 0.2) is 0 Å². The van der Waals surface area contributed by atoms with E-state index in [9.17, 15) is 9.18 Å². The van der Waals surface area contributed by atoms with Crippen LogP contribution in [0.15, 0.2) is 66.9 Å². The number of aromatic nitrogens is 1. The molecule has 1 aliphatic heterocycles. The van der Waals surface area contributed by atoms with Crippen molar-refractivity contribution in [2.24, 2.45) is 0 Å². The fourth-order valence-corrected chi connectivity index (χ4v) is 3.70. The van der Waals surface area contributed by atoms with Crippen molar-refractivity contribution in [1.82, 2.24) is 9.47 Å². The molecule has 0 fully saturated rings. The lowest BCUT2D eigenvalue weighted by Crippen LogP contribution is -2.34. The third kappa shape index (κ3) is 3.26. The van der Waals surface area contributed by atoms with Gasteiger partial charge in [-0.3, -0.25) is 4.90 Å². The average molecular weight is 364 g/mol. The molecule has 0 N–H and O–H groups in total. The van der Waals surface area contributed by atoms with Crippen molar-refractivity contribution in [3.8, 4) is 5.69 Å². The minimum absolute atomic E-state index is 0.270. The van der Waals surface area contributed by atoms with Crippen molar-refractivity contribution in [1.29, 1.82) is 0 Å². The van der Waals surface area contributed by atoms with Gasteiger partial charge in [-0.05, 0) is 36.8 Å². The third-order valence-corrected chi connectivity index (χ3v) is 4.89. The predicted molar refractivity (Wildman–Crippen MR) is 101 cm³/mol. The van der Waals surface area contributed by atoms with Crippen LogP contribution in [0.25, 0.3) is 5.69 Å². The second-order valence-electron chi connectivity index (χ2n) is 6.58. The normalized spacial score (nSPS) is 16.3. The van der Waals surface area contributed by atoms with E-state index in [0.29, 0.717) is 25.3 Å². The van der Waals surface area contributed by atoms with Gasteiger partial charge in [-0.25, -0.2) is 9.18 Å². The van der Waals surface area contributed by atoms with Gasteiger partial charge in [0.2, 0.25) is 0 Å². The summed E-state index contributed by atoms with van der Waals surface area (Å²) >= 11 is 0. The Kier molecular flexibility index (Phi) is 4.77. The maximum absolute atomic E-state index is 14.3. The largest absolute Gasteiger partial charge is 0.465 e. The van der Waals surface area contributed by atoms with Crippen molar-refractivity contribution in [3.63, 3.8) is 0 Å². The van der Waals surface area contributed by atoms with E-state index in [1.54, 1.807) is 19.1 Å². The maximum atomic E-state index is 14.3. The number of nitrogens with zero attached hydrogens (tertiary/aromatic N) is 2. The Morgan fingerprint density at radius 2 is 1.89 bits per heavy atom. The predicted octanol–water partition coefficient (Wildman–Crippen LogP) is 4.24. The minimum atomic E-state index is -0.605. The lowest BCUT2D eigenvalue weighted by atomic mass is 10.1. The quantitative estimate of drug-likeness (QED) is 0.650. The van der Waals surface area contributed by atoms with Gasteiger partial charge in [-0.15, -0.1) is 0 Å². The molecule has 1 aromatic heterocycles. The van der Waals surface area contributed by atoms with Crippen molar-refractivity contribution in [2.45, 2.75) is 26.1 Å². The maximum Gasteiger partial charge on any atom is 0.329 e. The SMILES string of the molecule is CCOC(=O)C1c2cccn2-c2ccccc2CN1Cc1ccccc1F. The Hall–Kier alpha value is -2.92. The Morgan fingerprint density at radius 3 is 2.70 bits per heavy atom. The van der Waals surface area contributed by atoms with Gasteiger partial charge in [0.05, 0.1) is 12.3 Å². The number of ether oxygens (including phenoxy) is 1. The van der Waals surface area contributed by atoms with E-state index >= 15 is 0 Å². The second-order valence-corrected chi connectivity index (χ2v) is 6.58. The summed E-state index contributed by atoms with van der Waals surface area (Å²) in [5.41, 5.74) is 3.50. The number of carbonyl (C=O) groups excluding carboxylic acids is 1. The summed E-state index contributed by atoms with van der Waals surface area (Å²) < 4.78 is 21.7. The molecule has 4 nitrogen and oxygen atoms in total. The van der Waals surface area contributed by atoms with Crippen LogP contribution in [0, 0.1) is 5.82 Å². The molecule has 5 heteroatoms. The zero-order valence-corrected chi connectivity index (χ0v) is 15.1. The number of halogens is 1. The molecule has 0 amide bonds.